The Balaban J connectivity index is 2.67. The molecule has 0 bridgehead atoms. The summed E-state index contributed by atoms with van der Waals surface area (Å²) in [6.07, 6.45) is 1.07. The SMILES string of the molecule is CCNC(CC(C)COC)c1ccc(Cl)cc1. The van der Waals surface area contributed by atoms with E-state index in [4.69, 9.17) is 16.3 Å². The molecular formula is C14H22ClNO. The number of ether oxygens (including phenoxy) is 1. The molecule has 2 unspecified atom stereocenters. The van der Waals surface area contributed by atoms with Gasteiger partial charge in [0.2, 0.25) is 0 Å². The average molecular weight is 256 g/mol. The van der Waals surface area contributed by atoms with Crippen molar-refractivity contribution in [2.75, 3.05) is 20.3 Å². The maximum absolute atomic E-state index is 5.91. The van der Waals surface area contributed by atoms with Crippen LogP contribution in [0.1, 0.15) is 31.9 Å². The maximum atomic E-state index is 5.91. The van der Waals surface area contributed by atoms with E-state index in [1.54, 1.807) is 7.11 Å². The van der Waals surface area contributed by atoms with Crippen LogP contribution in [0.25, 0.3) is 0 Å². The highest BCUT2D eigenvalue weighted by Crippen LogP contribution is 2.23. The predicted octanol–water partition coefficient (Wildman–Crippen LogP) is 3.66. The van der Waals surface area contributed by atoms with Crippen LogP contribution in [-0.4, -0.2) is 20.3 Å². The molecule has 0 spiro atoms. The first-order valence-corrected chi connectivity index (χ1v) is 6.53. The van der Waals surface area contributed by atoms with Crippen molar-refractivity contribution in [1.29, 1.82) is 0 Å². The average Bonchev–Trinajstić information content (AvgIpc) is 2.30. The Morgan fingerprint density at radius 2 is 1.94 bits per heavy atom. The molecule has 17 heavy (non-hydrogen) atoms. The van der Waals surface area contributed by atoms with Gasteiger partial charge >= 0.3 is 0 Å². The zero-order valence-electron chi connectivity index (χ0n) is 10.9. The van der Waals surface area contributed by atoms with Crippen molar-refractivity contribution in [1.82, 2.24) is 5.32 Å². The molecule has 2 nitrogen and oxygen atoms in total. The summed E-state index contributed by atoms with van der Waals surface area (Å²) in [6, 6.07) is 8.46. The van der Waals surface area contributed by atoms with Crippen LogP contribution in [0.15, 0.2) is 24.3 Å². The fraction of sp³-hybridized carbons (Fsp3) is 0.571. The van der Waals surface area contributed by atoms with Gasteiger partial charge in [0.15, 0.2) is 0 Å². The smallest absolute Gasteiger partial charge is 0.0488 e. The third kappa shape index (κ3) is 5.07. The Labute approximate surface area is 109 Å². The minimum absolute atomic E-state index is 0.377. The predicted molar refractivity (Wildman–Crippen MR) is 73.5 cm³/mol. The fourth-order valence-corrected chi connectivity index (χ4v) is 2.16. The molecule has 1 N–H and O–H groups in total. The molecule has 0 radical (unpaired) electrons. The van der Waals surface area contributed by atoms with Crippen molar-refractivity contribution >= 4 is 11.6 Å². The number of nitrogens with one attached hydrogen (secondary N) is 1. The molecule has 96 valence electrons. The molecule has 3 heteroatoms. The second-order valence-electron chi connectivity index (χ2n) is 4.46. The molecule has 0 fully saturated rings. The molecule has 1 aromatic carbocycles. The van der Waals surface area contributed by atoms with E-state index in [-0.39, 0.29) is 0 Å². The summed E-state index contributed by atoms with van der Waals surface area (Å²) >= 11 is 5.91. The van der Waals surface area contributed by atoms with Gasteiger partial charge in [-0.15, -0.1) is 0 Å². The van der Waals surface area contributed by atoms with E-state index in [1.165, 1.54) is 5.56 Å². The second kappa shape index (κ2) is 7.70. The number of methoxy groups -OCH3 is 1. The van der Waals surface area contributed by atoms with Crippen LogP contribution >= 0.6 is 11.6 Å². The number of benzene rings is 1. The summed E-state index contributed by atoms with van der Waals surface area (Å²) in [7, 11) is 1.75. The van der Waals surface area contributed by atoms with E-state index in [1.807, 2.05) is 12.1 Å². The normalized spacial score (nSPS) is 14.6. The first kappa shape index (κ1) is 14.5. The highest BCUT2D eigenvalue weighted by atomic mass is 35.5. The van der Waals surface area contributed by atoms with E-state index in [0.29, 0.717) is 12.0 Å². The van der Waals surface area contributed by atoms with Gasteiger partial charge in [-0.1, -0.05) is 37.6 Å². The Hall–Kier alpha value is -0.570. The lowest BCUT2D eigenvalue weighted by Gasteiger charge is -2.22. The van der Waals surface area contributed by atoms with Crippen LogP contribution in [0.2, 0.25) is 5.02 Å². The fourth-order valence-electron chi connectivity index (χ4n) is 2.03. The number of rotatable bonds is 7. The topological polar surface area (TPSA) is 21.3 Å². The van der Waals surface area contributed by atoms with E-state index >= 15 is 0 Å². The van der Waals surface area contributed by atoms with Crippen LogP contribution in [0.3, 0.4) is 0 Å². The van der Waals surface area contributed by atoms with E-state index in [2.05, 4.69) is 31.3 Å². The van der Waals surface area contributed by atoms with Crippen LogP contribution in [0.4, 0.5) is 0 Å². The van der Waals surface area contributed by atoms with E-state index in [0.717, 1.165) is 24.6 Å². The van der Waals surface area contributed by atoms with Crippen LogP contribution in [0.5, 0.6) is 0 Å². The Bertz CT molecular complexity index is 313. The Kier molecular flexibility index (Phi) is 6.56. The zero-order chi connectivity index (χ0) is 12.7. The molecule has 0 saturated heterocycles. The summed E-state index contributed by atoms with van der Waals surface area (Å²) in [6.45, 7) is 6.11. The van der Waals surface area contributed by atoms with E-state index in [9.17, 15) is 0 Å². The molecular weight excluding hydrogens is 234 g/mol. The van der Waals surface area contributed by atoms with Crippen LogP contribution < -0.4 is 5.32 Å². The molecule has 0 aromatic heterocycles. The van der Waals surface area contributed by atoms with Gasteiger partial charge in [-0.05, 0) is 36.6 Å². The largest absolute Gasteiger partial charge is 0.384 e. The third-order valence-corrected chi connectivity index (χ3v) is 3.06. The molecule has 0 aliphatic rings. The van der Waals surface area contributed by atoms with Crippen molar-refractivity contribution in [3.63, 3.8) is 0 Å². The highest BCUT2D eigenvalue weighted by molar-refractivity contribution is 6.30. The van der Waals surface area contributed by atoms with Gasteiger partial charge in [-0.25, -0.2) is 0 Å². The van der Waals surface area contributed by atoms with Gasteiger partial charge in [-0.2, -0.15) is 0 Å². The molecule has 0 aliphatic carbocycles. The molecule has 0 saturated carbocycles. The maximum Gasteiger partial charge on any atom is 0.0488 e. The summed E-state index contributed by atoms with van der Waals surface area (Å²) in [5, 5.41) is 4.30. The number of halogens is 1. The summed E-state index contributed by atoms with van der Waals surface area (Å²) in [5.41, 5.74) is 1.29. The van der Waals surface area contributed by atoms with Gasteiger partial charge in [-0.3, -0.25) is 0 Å². The molecule has 2 atom stereocenters. The van der Waals surface area contributed by atoms with Gasteiger partial charge < -0.3 is 10.1 Å². The number of hydrogen-bond donors (Lipinski definition) is 1. The minimum Gasteiger partial charge on any atom is -0.384 e. The van der Waals surface area contributed by atoms with Crippen molar-refractivity contribution in [3.8, 4) is 0 Å². The minimum atomic E-state index is 0.377. The quantitative estimate of drug-likeness (QED) is 0.803. The molecule has 0 amide bonds. The lowest BCUT2D eigenvalue weighted by atomic mass is 9.96. The monoisotopic (exact) mass is 255 g/mol. The molecule has 1 aromatic rings. The van der Waals surface area contributed by atoms with Crippen molar-refractivity contribution in [2.24, 2.45) is 5.92 Å². The molecule has 0 heterocycles. The lowest BCUT2D eigenvalue weighted by Crippen LogP contribution is -2.24. The highest BCUT2D eigenvalue weighted by Gasteiger charge is 2.14. The molecule has 0 aliphatic heterocycles. The zero-order valence-corrected chi connectivity index (χ0v) is 11.6. The summed E-state index contributed by atoms with van der Waals surface area (Å²) < 4.78 is 5.19. The van der Waals surface area contributed by atoms with Crippen molar-refractivity contribution in [2.45, 2.75) is 26.3 Å². The Morgan fingerprint density at radius 3 is 2.47 bits per heavy atom. The van der Waals surface area contributed by atoms with Crippen molar-refractivity contribution in [3.05, 3.63) is 34.9 Å². The van der Waals surface area contributed by atoms with Crippen LogP contribution in [-0.2, 0) is 4.74 Å². The van der Waals surface area contributed by atoms with E-state index < -0.39 is 0 Å². The summed E-state index contributed by atoms with van der Waals surface area (Å²) in [4.78, 5) is 0. The lowest BCUT2D eigenvalue weighted by molar-refractivity contribution is 0.149. The van der Waals surface area contributed by atoms with Gasteiger partial charge in [0, 0.05) is 24.8 Å². The van der Waals surface area contributed by atoms with Gasteiger partial charge in [0.1, 0.15) is 0 Å². The number of hydrogen-bond acceptors (Lipinski definition) is 2. The van der Waals surface area contributed by atoms with Gasteiger partial charge in [0.25, 0.3) is 0 Å². The van der Waals surface area contributed by atoms with Crippen LogP contribution in [0, 0.1) is 5.92 Å². The first-order valence-electron chi connectivity index (χ1n) is 6.15. The second-order valence-corrected chi connectivity index (χ2v) is 4.89. The third-order valence-electron chi connectivity index (χ3n) is 2.81. The van der Waals surface area contributed by atoms with Gasteiger partial charge in [0.05, 0.1) is 0 Å². The standard InChI is InChI=1S/C14H22ClNO/c1-4-16-14(9-11(2)10-17-3)12-5-7-13(15)8-6-12/h5-8,11,14,16H,4,9-10H2,1-3H3. The van der Waals surface area contributed by atoms with Crippen molar-refractivity contribution < 1.29 is 4.74 Å². The summed E-state index contributed by atoms with van der Waals surface area (Å²) in [5.74, 6) is 0.541. The molecule has 1 rings (SSSR count). The Morgan fingerprint density at radius 1 is 1.29 bits per heavy atom. The first-order chi connectivity index (χ1) is 8.17.